The van der Waals surface area contributed by atoms with E-state index < -0.39 is 23.8 Å². The molecule has 1 saturated heterocycles. The number of ether oxygens (including phenoxy) is 1. The lowest BCUT2D eigenvalue weighted by atomic mass is 10.0. The molecule has 0 bridgehead atoms. The van der Waals surface area contributed by atoms with E-state index in [0.29, 0.717) is 25.4 Å². The maximum absolute atomic E-state index is 12.7. The zero-order chi connectivity index (χ0) is 16.8. The molecule has 2 N–H and O–H groups in total. The number of benzene rings is 1. The van der Waals surface area contributed by atoms with Gasteiger partial charge in [0.1, 0.15) is 18.4 Å². The number of amides is 4. The molecule has 4 amide bonds. The van der Waals surface area contributed by atoms with E-state index >= 15 is 0 Å². The molecule has 0 aliphatic carbocycles. The van der Waals surface area contributed by atoms with Gasteiger partial charge in [0.15, 0.2) is 0 Å². The smallest absolute Gasteiger partial charge is 0.262 e. The summed E-state index contributed by atoms with van der Waals surface area (Å²) < 4.78 is 5.60. The number of imide groups is 2. The number of hydrogen-bond acceptors (Lipinski definition) is 6. The Labute approximate surface area is 137 Å². The van der Waals surface area contributed by atoms with Crippen LogP contribution in [0.1, 0.15) is 39.1 Å². The topological polar surface area (TPSA) is 105 Å². The Hall–Kier alpha value is -2.74. The molecule has 1 fully saturated rings. The summed E-state index contributed by atoms with van der Waals surface area (Å²) in [5.41, 5.74) is 1.32. The quantitative estimate of drug-likeness (QED) is 0.678. The van der Waals surface area contributed by atoms with Gasteiger partial charge in [-0.1, -0.05) is 0 Å². The summed E-state index contributed by atoms with van der Waals surface area (Å²) in [4.78, 5) is 49.6. The van der Waals surface area contributed by atoms with Gasteiger partial charge in [-0.15, -0.1) is 0 Å². The van der Waals surface area contributed by atoms with E-state index in [0.717, 1.165) is 10.5 Å². The lowest BCUT2D eigenvalue weighted by Gasteiger charge is -2.27. The van der Waals surface area contributed by atoms with Gasteiger partial charge in [0.05, 0.1) is 11.1 Å². The fraction of sp³-hybridized carbons (Fsp3) is 0.375. The molecule has 1 aromatic carbocycles. The second-order valence-corrected chi connectivity index (χ2v) is 5.98. The van der Waals surface area contributed by atoms with E-state index in [-0.39, 0.29) is 29.9 Å². The summed E-state index contributed by atoms with van der Waals surface area (Å²) in [6.45, 7) is 1.71. The second-order valence-electron chi connectivity index (χ2n) is 5.98. The van der Waals surface area contributed by atoms with Crippen molar-refractivity contribution in [3.63, 3.8) is 0 Å². The first-order valence-corrected chi connectivity index (χ1v) is 7.78. The fourth-order valence-electron chi connectivity index (χ4n) is 3.27. The second kappa shape index (κ2) is 5.41. The molecule has 0 spiro atoms. The Bertz CT molecular complexity index is 743. The van der Waals surface area contributed by atoms with Crippen LogP contribution in [0.2, 0.25) is 0 Å². The summed E-state index contributed by atoms with van der Waals surface area (Å²) in [7, 11) is 0. The van der Waals surface area contributed by atoms with Gasteiger partial charge in [0, 0.05) is 25.1 Å². The van der Waals surface area contributed by atoms with Crippen molar-refractivity contribution in [2.75, 3.05) is 13.2 Å². The van der Waals surface area contributed by atoms with Crippen LogP contribution in [-0.4, -0.2) is 47.7 Å². The van der Waals surface area contributed by atoms with Crippen LogP contribution >= 0.6 is 0 Å². The first kappa shape index (κ1) is 14.8. The molecule has 3 aliphatic rings. The molecule has 1 aromatic rings. The molecule has 0 aromatic heterocycles. The third-order valence-corrected chi connectivity index (χ3v) is 4.47. The third-order valence-electron chi connectivity index (χ3n) is 4.47. The molecule has 124 valence electrons. The van der Waals surface area contributed by atoms with Gasteiger partial charge in [0.25, 0.3) is 11.8 Å². The summed E-state index contributed by atoms with van der Waals surface area (Å²) in [6, 6.07) is 2.27. The van der Waals surface area contributed by atoms with Gasteiger partial charge in [-0.25, -0.2) is 0 Å². The molecule has 3 aliphatic heterocycles. The van der Waals surface area contributed by atoms with Gasteiger partial charge in [-0.2, -0.15) is 0 Å². The molecule has 8 nitrogen and oxygen atoms in total. The van der Waals surface area contributed by atoms with Crippen molar-refractivity contribution >= 4 is 23.6 Å². The van der Waals surface area contributed by atoms with Crippen molar-refractivity contribution in [3.05, 3.63) is 28.8 Å². The molecule has 0 saturated carbocycles. The van der Waals surface area contributed by atoms with Gasteiger partial charge < -0.3 is 10.1 Å². The van der Waals surface area contributed by atoms with E-state index in [1.165, 1.54) is 0 Å². The van der Waals surface area contributed by atoms with Crippen molar-refractivity contribution in [1.29, 1.82) is 0 Å². The van der Waals surface area contributed by atoms with Gasteiger partial charge in [0.2, 0.25) is 11.8 Å². The number of carbonyl (C=O) groups is 4. The third kappa shape index (κ3) is 2.18. The summed E-state index contributed by atoms with van der Waals surface area (Å²) >= 11 is 0. The molecule has 0 radical (unpaired) electrons. The van der Waals surface area contributed by atoms with Crippen LogP contribution in [-0.2, 0) is 16.1 Å². The highest BCUT2D eigenvalue weighted by Gasteiger charge is 2.45. The summed E-state index contributed by atoms with van der Waals surface area (Å²) in [5.74, 6) is -1.45. The van der Waals surface area contributed by atoms with Crippen LogP contribution in [0.4, 0.5) is 0 Å². The highest BCUT2D eigenvalue weighted by atomic mass is 16.5. The molecular weight excluding hydrogens is 314 g/mol. The van der Waals surface area contributed by atoms with Crippen molar-refractivity contribution in [2.45, 2.75) is 25.4 Å². The Morgan fingerprint density at radius 2 is 1.83 bits per heavy atom. The summed E-state index contributed by atoms with van der Waals surface area (Å²) in [6.07, 6.45) is 0.251. The van der Waals surface area contributed by atoms with Crippen LogP contribution in [0.3, 0.4) is 0 Å². The molecule has 3 heterocycles. The SMILES string of the molecule is O=C1CC[C@@H](N2C(=O)c3cc4c(cc3C2=O)OCCNC4)C(=O)N1. The van der Waals surface area contributed by atoms with Crippen molar-refractivity contribution in [2.24, 2.45) is 0 Å². The fourth-order valence-corrected chi connectivity index (χ4v) is 3.27. The predicted octanol–water partition coefficient (Wildman–Crippen LogP) is -0.430. The molecule has 4 rings (SSSR count). The molecule has 8 heteroatoms. The van der Waals surface area contributed by atoms with E-state index in [4.69, 9.17) is 4.74 Å². The Kier molecular flexibility index (Phi) is 3.34. The standard InChI is InChI=1S/C16H15N3O5/c20-13-2-1-11(14(21)18-13)19-15(22)9-5-8-7-17-3-4-24-12(8)6-10(9)16(19)23/h5-6,11,17H,1-4,7H2,(H,18,20,21)/t11-/m1/s1. The van der Waals surface area contributed by atoms with Crippen molar-refractivity contribution in [1.82, 2.24) is 15.5 Å². The average molecular weight is 329 g/mol. The first-order chi connectivity index (χ1) is 11.6. The van der Waals surface area contributed by atoms with E-state index in [2.05, 4.69) is 10.6 Å². The minimum atomic E-state index is -0.950. The molecule has 24 heavy (non-hydrogen) atoms. The lowest BCUT2D eigenvalue weighted by molar-refractivity contribution is -0.136. The van der Waals surface area contributed by atoms with E-state index in [9.17, 15) is 19.2 Å². The van der Waals surface area contributed by atoms with Gasteiger partial charge in [-0.05, 0) is 18.6 Å². The number of nitrogens with one attached hydrogen (secondary N) is 2. The van der Waals surface area contributed by atoms with Crippen LogP contribution in [0.5, 0.6) is 5.75 Å². The highest BCUT2D eigenvalue weighted by molar-refractivity contribution is 6.23. The minimum Gasteiger partial charge on any atom is -0.492 e. The lowest BCUT2D eigenvalue weighted by Crippen LogP contribution is -2.54. The van der Waals surface area contributed by atoms with E-state index in [1.807, 2.05) is 0 Å². The summed E-state index contributed by atoms with van der Waals surface area (Å²) in [5, 5.41) is 5.35. The maximum Gasteiger partial charge on any atom is 0.262 e. The molecular formula is C16H15N3O5. The monoisotopic (exact) mass is 329 g/mol. The number of carbonyl (C=O) groups excluding carboxylic acids is 4. The van der Waals surface area contributed by atoms with Crippen molar-refractivity contribution in [3.8, 4) is 5.75 Å². The normalized spacial score (nSPS) is 23.3. The van der Waals surface area contributed by atoms with Crippen LogP contribution in [0.25, 0.3) is 0 Å². The number of fused-ring (bicyclic) bond motifs is 2. The Balaban J connectivity index is 1.71. The van der Waals surface area contributed by atoms with Crippen LogP contribution in [0, 0.1) is 0 Å². The van der Waals surface area contributed by atoms with E-state index in [1.54, 1.807) is 12.1 Å². The molecule has 0 unspecified atom stereocenters. The number of rotatable bonds is 1. The average Bonchev–Trinajstić information content (AvgIpc) is 2.72. The Morgan fingerprint density at radius 1 is 1.08 bits per heavy atom. The Morgan fingerprint density at radius 3 is 2.58 bits per heavy atom. The van der Waals surface area contributed by atoms with Crippen molar-refractivity contribution < 1.29 is 23.9 Å². The largest absolute Gasteiger partial charge is 0.492 e. The van der Waals surface area contributed by atoms with Crippen LogP contribution in [0.15, 0.2) is 12.1 Å². The zero-order valence-corrected chi connectivity index (χ0v) is 12.8. The predicted molar refractivity (Wildman–Crippen MR) is 80.3 cm³/mol. The maximum atomic E-state index is 12.7. The molecule has 1 atom stereocenters. The number of hydrogen-bond donors (Lipinski definition) is 2. The highest BCUT2D eigenvalue weighted by Crippen LogP contribution is 2.33. The number of piperidine rings is 1. The van der Waals surface area contributed by atoms with Gasteiger partial charge in [-0.3, -0.25) is 29.4 Å². The first-order valence-electron chi connectivity index (χ1n) is 7.78. The van der Waals surface area contributed by atoms with Gasteiger partial charge >= 0.3 is 0 Å². The van der Waals surface area contributed by atoms with Crippen LogP contribution < -0.4 is 15.4 Å². The zero-order valence-electron chi connectivity index (χ0n) is 12.8. The minimum absolute atomic E-state index is 0.105. The number of nitrogens with zero attached hydrogens (tertiary/aromatic N) is 1.